The van der Waals surface area contributed by atoms with Crippen LogP contribution in [0.1, 0.15) is 23.6 Å². The highest BCUT2D eigenvalue weighted by Gasteiger charge is 2.29. The summed E-state index contributed by atoms with van der Waals surface area (Å²) in [5.41, 5.74) is 5.81. The summed E-state index contributed by atoms with van der Waals surface area (Å²) in [5, 5.41) is 7.09. The molecule has 1 aliphatic heterocycles. The maximum absolute atomic E-state index is 4.96. The summed E-state index contributed by atoms with van der Waals surface area (Å²) in [5.74, 6) is 0. The summed E-state index contributed by atoms with van der Waals surface area (Å²) in [6.07, 6.45) is 4.52. The fourth-order valence-electron chi connectivity index (χ4n) is 3.30. The van der Waals surface area contributed by atoms with Gasteiger partial charge in [0.2, 0.25) is 0 Å². The topological polar surface area (TPSA) is 31.7 Å². The predicted molar refractivity (Wildman–Crippen MR) is 108 cm³/mol. The van der Waals surface area contributed by atoms with Crippen LogP contribution >= 0.6 is 0 Å². The Morgan fingerprint density at radius 3 is 2.23 bits per heavy atom. The van der Waals surface area contributed by atoms with Crippen LogP contribution in [0.15, 0.2) is 84.2 Å². The number of benzene rings is 2. The minimum atomic E-state index is 0.191. The fourth-order valence-corrected chi connectivity index (χ4v) is 3.30. The van der Waals surface area contributed by atoms with E-state index in [1.54, 1.807) is 0 Å². The Labute approximate surface area is 154 Å². The van der Waals surface area contributed by atoms with Crippen molar-refractivity contribution in [2.75, 3.05) is 24.0 Å². The average molecular weight is 342 g/mol. The Morgan fingerprint density at radius 1 is 0.885 bits per heavy atom. The third kappa shape index (κ3) is 3.18. The molecule has 0 spiro atoms. The Bertz CT molecular complexity index is 886. The highest BCUT2D eigenvalue weighted by atomic mass is 15.5. The Balaban J connectivity index is 1.71. The molecule has 0 aliphatic carbocycles. The molecule has 4 rings (SSSR count). The Morgan fingerprint density at radius 2 is 1.58 bits per heavy atom. The van der Waals surface area contributed by atoms with E-state index in [4.69, 9.17) is 5.10 Å². The quantitative estimate of drug-likeness (QED) is 0.699. The number of anilines is 2. The van der Waals surface area contributed by atoms with Crippen molar-refractivity contribution in [1.82, 2.24) is 4.98 Å². The van der Waals surface area contributed by atoms with Gasteiger partial charge in [-0.15, -0.1) is 0 Å². The van der Waals surface area contributed by atoms with Crippen LogP contribution in [-0.2, 0) is 0 Å². The lowest BCUT2D eigenvalue weighted by molar-refractivity contribution is 0.709. The van der Waals surface area contributed by atoms with Crippen molar-refractivity contribution < 1.29 is 0 Å². The van der Waals surface area contributed by atoms with E-state index in [9.17, 15) is 0 Å². The molecule has 1 aliphatic rings. The number of aromatic nitrogens is 1. The predicted octanol–water partition coefficient (Wildman–Crippen LogP) is 4.50. The number of rotatable bonds is 4. The van der Waals surface area contributed by atoms with E-state index in [1.165, 1.54) is 11.3 Å². The van der Waals surface area contributed by atoms with E-state index in [-0.39, 0.29) is 6.04 Å². The molecule has 0 amide bonds. The zero-order valence-electron chi connectivity index (χ0n) is 15.1. The third-order valence-corrected chi connectivity index (χ3v) is 4.74. The molecule has 2 heterocycles. The van der Waals surface area contributed by atoms with Crippen LogP contribution in [0.5, 0.6) is 0 Å². The van der Waals surface area contributed by atoms with E-state index in [1.807, 2.05) is 30.6 Å². The molecule has 0 N–H and O–H groups in total. The lowest BCUT2D eigenvalue weighted by atomic mass is 9.98. The van der Waals surface area contributed by atoms with Crippen molar-refractivity contribution in [2.45, 2.75) is 12.5 Å². The van der Waals surface area contributed by atoms with Crippen LogP contribution in [0.2, 0.25) is 0 Å². The van der Waals surface area contributed by atoms with Gasteiger partial charge in [0.1, 0.15) is 0 Å². The van der Waals surface area contributed by atoms with Gasteiger partial charge < -0.3 is 4.90 Å². The largest absolute Gasteiger partial charge is 0.378 e. The lowest BCUT2D eigenvalue weighted by Gasteiger charge is -2.24. The van der Waals surface area contributed by atoms with Gasteiger partial charge in [-0.1, -0.05) is 30.3 Å². The number of nitrogens with zero attached hydrogens (tertiary/aromatic N) is 4. The van der Waals surface area contributed by atoms with E-state index in [0.29, 0.717) is 0 Å². The summed E-state index contributed by atoms with van der Waals surface area (Å²) in [7, 11) is 4.12. The molecular formula is C22H22N4. The molecule has 0 radical (unpaired) electrons. The Hall–Kier alpha value is -3.14. The molecule has 0 saturated heterocycles. The molecule has 4 nitrogen and oxygen atoms in total. The van der Waals surface area contributed by atoms with E-state index < -0.39 is 0 Å². The summed E-state index contributed by atoms with van der Waals surface area (Å²) in [6.45, 7) is 0. The maximum atomic E-state index is 4.96. The SMILES string of the molecule is CN(C)c1ccc(C2CC(c3ccncc3)=NN2c2ccccc2)cc1. The third-order valence-electron chi connectivity index (χ3n) is 4.74. The van der Waals surface area contributed by atoms with Gasteiger partial charge in [0.25, 0.3) is 0 Å². The van der Waals surface area contributed by atoms with Gasteiger partial charge in [0, 0.05) is 44.2 Å². The van der Waals surface area contributed by atoms with Gasteiger partial charge in [-0.25, -0.2) is 0 Å². The molecule has 1 atom stereocenters. The van der Waals surface area contributed by atoms with Gasteiger partial charge in [0.15, 0.2) is 0 Å². The van der Waals surface area contributed by atoms with Gasteiger partial charge in [-0.2, -0.15) is 5.10 Å². The van der Waals surface area contributed by atoms with Crippen molar-refractivity contribution >= 4 is 17.1 Å². The number of hydrazone groups is 1. The summed E-state index contributed by atoms with van der Waals surface area (Å²) >= 11 is 0. The van der Waals surface area contributed by atoms with E-state index >= 15 is 0 Å². The zero-order chi connectivity index (χ0) is 17.9. The molecule has 2 aromatic carbocycles. The summed E-state index contributed by atoms with van der Waals surface area (Å²) in [6, 6.07) is 23.4. The van der Waals surface area contributed by atoms with Crippen LogP contribution in [0.25, 0.3) is 0 Å². The monoisotopic (exact) mass is 342 g/mol. The van der Waals surface area contributed by atoms with Crippen LogP contribution < -0.4 is 9.91 Å². The van der Waals surface area contributed by atoms with Crippen molar-refractivity contribution in [1.29, 1.82) is 0 Å². The molecule has 26 heavy (non-hydrogen) atoms. The van der Waals surface area contributed by atoms with Crippen LogP contribution in [0, 0.1) is 0 Å². The van der Waals surface area contributed by atoms with Crippen molar-refractivity contribution in [2.24, 2.45) is 5.10 Å². The molecule has 4 heteroatoms. The standard InChI is InChI=1S/C22H22N4/c1-25(2)19-10-8-18(9-11-19)22-16-21(17-12-14-23-15-13-17)24-26(22)20-6-4-3-5-7-20/h3-15,22H,16H2,1-2H3. The van der Waals surface area contributed by atoms with Crippen molar-refractivity contribution in [3.05, 3.63) is 90.3 Å². The first-order valence-corrected chi connectivity index (χ1v) is 8.82. The first-order chi connectivity index (χ1) is 12.7. The molecule has 1 unspecified atom stereocenters. The van der Waals surface area contributed by atoms with Crippen LogP contribution in [0.3, 0.4) is 0 Å². The molecule has 130 valence electrons. The highest BCUT2D eigenvalue weighted by molar-refractivity contribution is 6.03. The van der Waals surface area contributed by atoms with Crippen LogP contribution in [-0.4, -0.2) is 24.8 Å². The smallest absolute Gasteiger partial charge is 0.0831 e. The first kappa shape index (κ1) is 16.3. The van der Waals surface area contributed by atoms with E-state index in [0.717, 1.165) is 23.4 Å². The molecular weight excluding hydrogens is 320 g/mol. The second-order valence-corrected chi connectivity index (χ2v) is 6.67. The normalized spacial score (nSPS) is 16.5. The van der Waals surface area contributed by atoms with Crippen molar-refractivity contribution in [3.63, 3.8) is 0 Å². The first-order valence-electron chi connectivity index (χ1n) is 8.82. The molecule has 0 saturated carbocycles. The van der Waals surface area contributed by atoms with Crippen molar-refractivity contribution in [3.8, 4) is 0 Å². The highest BCUT2D eigenvalue weighted by Crippen LogP contribution is 2.36. The lowest BCUT2D eigenvalue weighted by Crippen LogP contribution is -2.18. The number of hydrogen-bond acceptors (Lipinski definition) is 4. The number of para-hydroxylation sites is 1. The molecule has 3 aromatic rings. The zero-order valence-corrected chi connectivity index (χ0v) is 15.1. The Kier molecular flexibility index (Phi) is 4.40. The van der Waals surface area contributed by atoms with Gasteiger partial charge >= 0.3 is 0 Å². The number of hydrogen-bond donors (Lipinski definition) is 0. The second-order valence-electron chi connectivity index (χ2n) is 6.67. The minimum absolute atomic E-state index is 0.191. The molecule has 1 aromatic heterocycles. The van der Waals surface area contributed by atoms with Gasteiger partial charge in [-0.3, -0.25) is 9.99 Å². The summed E-state index contributed by atoms with van der Waals surface area (Å²) < 4.78 is 0. The molecule has 0 fully saturated rings. The number of pyridine rings is 1. The molecule has 0 bridgehead atoms. The van der Waals surface area contributed by atoms with Gasteiger partial charge in [-0.05, 0) is 42.0 Å². The summed E-state index contributed by atoms with van der Waals surface area (Å²) in [4.78, 5) is 6.24. The maximum Gasteiger partial charge on any atom is 0.0831 e. The van der Waals surface area contributed by atoms with Gasteiger partial charge in [0.05, 0.1) is 17.4 Å². The average Bonchev–Trinajstić information content (AvgIpc) is 3.15. The second kappa shape index (κ2) is 7.00. The fraction of sp³-hybridized carbons (Fsp3) is 0.182. The van der Waals surface area contributed by atoms with E-state index in [2.05, 4.69) is 77.5 Å². The minimum Gasteiger partial charge on any atom is -0.378 e. The van der Waals surface area contributed by atoms with Crippen LogP contribution in [0.4, 0.5) is 11.4 Å².